The summed E-state index contributed by atoms with van der Waals surface area (Å²) in [5, 5.41) is 2.94. The molecule has 17 heavy (non-hydrogen) atoms. The lowest BCUT2D eigenvalue weighted by Gasteiger charge is -2.17. The molecule has 1 unspecified atom stereocenters. The molecule has 0 aromatic heterocycles. The fraction of sp³-hybridized carbons (Fsp3) is 0.500. The van der Waals surface area contributed by atoms with Crippen LogP contribution in [0.4, 0.5) is 0 Å². The summed E-state index contributed by atoms with van der Waals surface area (Å²) in [6.07, 6.45) is 1.51. The Bertz CT molecular complexity index is 376. The molecule has 0 aliphatic carbocycles. The zero-order valence-electron chi connectivity index (χ0n) is 10.9. The quantitative estimate of drug-likeness (QED) is 0.816. The van der Waals surface area contributed by atoms with E-state index in [0.717, 1.165) is 6.42 Å². The van der Waals surface area contributed by atoms with Gasteiger partial charge in [0.25, 0.3) is 0 Å². The molecule has 3 nitrogen and oxygen atoms in total. The van der Waals surface area contributed by atoms with Crippen molar-refractivity contribution in [3.63, 3.8) is 0 Å². The van der Waals surface area contributed by atoms with Crippen molar-refractivity contribution < 1.29 is 4.79 Å². The van der Waals surface area contributed by atoms with Crippen molar-refractivity contribution in [1.29, 1.82) is 0 Å². The molecule has 1 amide bonds. The van der Waals surface area contributed by atoms with Gasteiger partial charge < -0.3 is 11.1 Å². The summed E-state index contributed by atoms with van der Waals surface area (Å²) in [6.45, 7) is 6.00. The van der Waals surface area contributed by atoms with Crippen molar-refractivity contribution in [1.82, 2.24) is 5.32 Å². The summed E-state index contributed by atoms with van der Waals surface area (Å²) in [5.41, 5.74) is 8.20. The van der Waals surface area contributed by atoms with Crippen LogP contribution in [-0.4, -0.2) is 18.0 Å². The minimum atomic E-state index is -0.394. The van der Waals surface area contributed by atoms with E-state index >= 15 is 0 Å². The molecule has 2 atom stereocenters. The van der Waals surface area contributed by atoms with Gasteiger partial charge in [0.2, 0.25) is 5.91 Å². The monoisotopic (exact) mass is 234 g/mol. The summed E-state index contributed by atoms with van der Waals surface area (Å²) in [5.74, 6) is -0.0615. The first-order chi connectivity index (χ1) is 8.04. The maximum absolute atomic E-state index is 11.6. The first kappa shape index (κ1) is 13.7. The fourth-order valence-electron chi connectivity index (χ4n) is 1.76. The average Bonchev–Trinajstić information content (AvgIpc) is 2.31. The Morgan fingerprint density at radius 1 is 1.41 bits per heavy atom. The molecule has 1 aromatic rings. The lowest BCUT2D eigenvalue weighted by atomic mass is 10.0. The van der Waals surface area contributed by atoms with Crippen molar-refractivity contribution in [3.05, 3.63) is 35.4 Å². The third kappa shape index (κ3) is 4.19. The first-order valence-electron chi connectivity index (χ1n) is 6.15. The smallest absolute Gasteiger partial charge is 0.237 e. The molecule has 0 aliphatic rings. The molecule has 0 fully saturated rings. The number of nitrogens with one attached hydrogen (secondary N) is 1. The number of hydrogen-bond donors (Lipinski definition) is 2. The van der Waals surface area contributed by atoms with Crippen LogP contribution in [0.5, 0.6) is 0 Å². The lowest BCUT2D eigenvalue weighted by Crippen LogP contribution is -2.44. The summed E-state index contributed by atoms with van der Waals surface area (Å²) < 4.78 is 0. The third-order valence-electron chi connectivity index (χ3n) is 2.95. The summed E-state index contributed by atoms with van der Waals surface area (Å²) >= 11 is 0. The van der Waals surface area contributed by atoms with Crippen LogP contribution >= 0.6 is 0 Å². The molecule has 1 aromatic carbocycles. The second kappa shape index (κ2) is 6.40. The van der Waals surface area contributed by atoms with E-state index in [9.17, 15) is 4.79 Å². The molecule has 0 saturated carbocycles. The molecule has 0 heterocycles. The van der Waals surface area contributed by atoms with Gasteiger partial charge in [-0.15, -0.1) is 0 Å². The number of aryl methyl sites for hydroxylation is 1. The van der Waals surface area contributed by atoms with Crippen LogP contribution in [-0.2, 0) is 11.2 Å². The number of carbonyl (C=O) groups excluding carboxylic acids is 1. The van der Waals surface area contributed by atoms with Crippen molar-refractivity contribution in [2.45, 2.75) is 45.7 Å². The Balaban J connectivity index is 2.53. The predicted octanol–water partition coefficient (Wildman–Crippen LogP) is 1.78. The van der Waals surface area contributed by atoms with Crippen LogP contribution in [0.2, 0.25) is 0 Å². The second-order valence-corrected chi connectivity index (χ2v) is 4.55. The van der Waals surface area contributed by atoms with Gasteiger partial charge >= 0.3 is 0 Å². The number of benzene rings is 1. The van der Waals surface area contributed by atoms with Gasteiger partial charge in [0.15, 0.2) is 0 Å². The Kier molecular flexibility index (Phi) is 5.16. The number of rotatable bonds is 5. The minimum Gasteiger partial charge on any atom is -0.352 e. The summed E-state index contributed by atoms with van der Waals surface area (Å²) in [4.78, 5) is 11.6. The highest BCUT2D eigenvalue weighted by Crippen LogP contribution is 2.09. The van der Waals surface area contributed by atoms with Gasteiger partial charge in [0, 0.05) is 6.04 Å². The van der Waals surface area contributed by atoms with Crippen LogP contribution < -0.4 is 11.1 Å². The van der Waals surface area contributed by atoms with Crippen LogP contribution in [0.1, 0.15) is 31.4 Å². The average molecular weight is 234 g/mol. The lowest BCUT2D eigenvalue weighted by molar-refractivity contribution is -0.123. The maximum Gasteiger partial charge on any atom is 0.237 e. The van der Waals surface area contributed by atoms with Gasteiger partial charge in [-0.1, -0.05) is 31.2 Å². The molecule has 0 aliphatic heterocycles. The fourth-order valence-corrected chi connectivity index (χ4v) is 1.76. The van der Waals surface area contributed by atoms with Gasteiger partial charge in [-0.25, -0.2) is 0 Å². The molecule has 0 spiro atoms. The van der Waals surface area contributed by atoms with Gasteiger partial charge in [-0.05, 0) is 37.8 Å². The Labute approximate surface area is 103 Å². The van der Waals surface area contributed by atoms with Gasteiger partial charge in [-0.3, -0.25) is 4.79 Å². The van der Waals surface area contributed by atoms with Crippen LogP contribution in [0.15, 0.2) is 24.3 Å². The molecular weight excluding hydrogens is 212 g/mol. The summed E-state index contributed by atoms with van der Waals surface area (Å²) in [6, 6.07) is 7.94. The number of amides is 1. The third-order valence-corrected chi connectivity index (χ3v) is 2.95. The zero-order chi connectivity index (χ0) is 12.8. The normalized spacial score (nSPS) is 14.1. The molecule has 3 heteroatoms. The largest absolute Gasteiger partial charge is 0.352 e. The van der Waals surface area contributed by atoms with Crippen LogP contribution in [0.25, 0.3) is 0 Å². The Morgan fingerprint density at radius 3 is 2.65 bits per heavy atom. The van der Waals surface area contributed by atoms with E-state index in [-0.39, 0.29) is 11.9 Å². The van der Waals surface area contributed by atoms with E-state index < -0.39 is 6.04 Å². The Hall–Kier alpha value is -1.35. The summed E-state index contributed by atoms with van der Waals surface area (Å²) in [7, 11) is 0. The molecule has 0 bridgehead atoms. The van der Waals surface area contributed by atoms with E-state index in [1.807, 2.05) is 26.0 Å². The molecule has 94 valence electrons. The SMILES string of the molecule is CC[C@@H](N)C(=O)NC(C)Cc1ccccc1C. The van der Waals surface area contributed by atoms with Crippen LogP contribution in [0, 0.1) is 6.92 Å². The highest BCUT2D eigenvalue weighted by atomic mass is 16.2. The van der Waals surface area contributed by atoms with Crippen molar-refractivity contribution in [3.8, 4) is 0 Å². The molecule has 1 rings (SSSR count). The second-order valence-electron chi connectivity index (χ2n) is 4.55. The van der Waals surface area contributed by atoms with Crippen molar-refractivity contribution in [2.24, 2.45) is 5.73 Å². The topological polar surface area (TPSA) is 55.1 Å². The highest BCUT2D eigenvalue weighted by molar-refractivity contribution is 5.81. The molecule has 3 N–H and O–H groups in total. The molecule has 0 saturated heterocycles. The van der Waals surface area contributed by atoms with E-state index in [1.54, 1.807) is 0 Å². The van der Waals surface area contributed by atoms with E-state index in [2.05, 4.69) is 24.4 Å². The Morgan fingerprint density at radius 2 is 2.06 bits per heavy atom. The van der Waals surface area contributed by atoms with Gasteiger partial charge in [-0.2, -0.15) is 0 Å². The molecular formula is C14H22N2O. The minimum absolute atomic E-state index is 0.0615. The van der Waals surface area contributed by atoms with Crippen molar-refractivity contribution in [2.75, 3.05) is 0 Å². The standard InChI is InChI=1S/C14H22N2O/c1-4-13(15)14(17)16-11(3)9-12-8-6-5-7-10(12)2/h5-8,11,13H,4,9,15H2,1-3H3,(H,16,17)/t11?,13-/m1/s1. The van der Waals surface area contributed by atoms with Crippen molar-refractivity contribution >= 4 is 5.91 Å². The van der Waals surface area contributed by atoms with Gasteiger partial charge in [0.1, 0.15) is 0 Å². The molecule has 0 radical (unpaired) electrons. The van der Waals surface area contributed by atoms with Crippen LogP contribution in [0.3, 0.4) is 0 Å². The van der Waals surface area contributed by atoms with E-state index in [0.29, 0.717) is 6.42 Å². The predicted molar refractivity (Wildman–Crippen MR) is 70.8 cm³/mol. The van der Waals surface area contributed by atoms with E-state index in [1.165, 1.54) is 11.1 Å². The maximum atomic E-state index is 11.6. The number of carbonyl (C=O) groups is 1. The number of nitrogens with two attached hydrogens (primary N) is 1. The highest BCUT2D eigenvalue weighted by Gasteiger charge is 2.14. The number of hydrogen-bond acceptors (Lipinski definition) is 2. The van der Waals surface area contributed by atoms with Gasteiger partial charge in [0.05, 0.1) is 6.04 Å². The zero-order valence-corrected chi connectivity index (χ0v) is 10.9. The first-order valence-corrected chi connectivity index (χ1v) is 6.15. The van der Waals surface area contributed by atoms with E-state index in [4.69, 9.17) is 5.73 Å².